The van der Waals surface area contributed by atoms with Crippen LogP contribution in [0.4, 0.5) is 0 Å². The Morgan fingerprint density at radius 3 is 2.20 bits per heavy atom. The van der Waals surface area contributed by atoms with Gasteiger partial charge < -0.3 is 5.73 Å². The van der Waals surface area contributed by atoms with E-state index >= 15 is 0 Å². The summed E-state index contributed by atoms with van der Waals surface area (Å²) in [6.07, 6.45) is 3.48. The fraction of sp³-hybridized carbons (Fsp3) is 1.00. The van der Waals surface area contributed by atoms with E-state index in [9.17, 15) is 0 Å². The average Bonchev–Trinajstić information content (AvgIpc) is 1.87. The second kappa shape index (κ2) is 3.97. The molecule has 0 rings (SSSR count). The summed E-state index contributed by atoms with van der Waals surface area (Å²) in [7, 11) is 0. The van der Waals surface area contributed by atoms with Crippen LogP contribution >= 0.6 is 0 Å². The van der Waals surface area contributed by atoms with Crippen molar-refractivity contribution in [3.05, 3.63) is 0 Å². The molecule has 0 saturated carbocycles. The zero-order valence-corrected chi connectivity index (χ0v) is 7.78. The highest BCUT2D eigenvalue weighted by Crippen LogP contribution is 2.18. The van der Waals surface area contributed by atoms with Crippen LogP contribution in [-0.4, -0.2) is 5.54 Å². The van der Waals surface area contributed by atoms with Gasteiger partial charge in [-0.05, 0) is 25.7 Å². The predicted molar refractivity (Wildman–Crippen MR) is 47.0 cm³/mol. The van der Waals surface area contributed by atoms with Crippen molar-refractivity contribution in [3.63, 3.8) is 0 Å². The Balaban J connectivity index is 3.64. The van der Waals surface area contributed by atoms with Crippen LogP contribution in [0.1, 0.15) is 47.0 Å². The van der Waals surface area contributed by atoms with Gasteiger partial charge in [-0.2, -0.15) is 0 Å². The highest BCUT2D eigenvalue weighted by atomic mass is 14.7. The van der Waals surface area contributed by atoms with Crippen LogP contribution in [0.25, 0.3) is 0 Å². The largest absolute Gasteiger partial charge is 0.325 e. The molecule has 2 atom stereocenters. The lowest BCUT2D eigenvalue weighted by Gasteiger charge is -2.25. The molecule has 0 saturated heterocycles. The van der Waals surface area contributed by atoms with Crippen LogP contribution in [0.2, 0.25) is 0 Å². The van der Waals surface area contributed by atoms with Crippen LogP contribution in [0.15, 0.2) is 0 Å². The van der Waals surface area contributed by atoms with Gasteiger partial charge in [0.2, 0.25) is 0 Å². The van der Waals surface area contributed by atoms with Crippen molar-refractivity contribution in [3.8, 4) is 0 Å². The summed E-state index contributed by atoms with van der Waals surface area (Å²) >= 11 is 0. The fourth-order valence-corrected chi connectivity index (χ4v) is 1.08. The summed E-state index contributed by atoms with van der Waals surface area (Å²) in [5, 5.41) is 0. The molecule has 0 heterocycles. The Morgan fingerprint density at radius 2 is 1.90 bits per heavy atom. The molecule has 0 spiro atoms. The van der Waals surface area contributed by atoms with E-state index in [1.807, 2.05) is 0 Å². The van der Waals surface area contributed by atoms with E-state index in [-0.39, 0.29) is 5.54 Å². The van der Waals surface area contributed by atoms with Crippen LogP contribution in [0.5, 0.6) is 0 Å². The zero-order chi connectivity index (χ0) is 8.20. The van der Waals surface area contributed by atoms with Crippen molar-refractivity contribution < 1.29 is 0 Å². The fourth-order valence-electron chi connectivity index (χ4n) is 1.08. The van der Waals surface area contributed by atoms with Gasteiger partial charge in [0.25, 0.3) is 0 Å². The van der Waals surface area contributed by atoms with Gasteiger partial charge in [0, 0.05) is 5.54 Å². The Hall–Kier alpha value is -0.0400. The maximum atomic E-state index is 5.99. The van der Waals surface area contributed by atoms with Crippen molar-refractivity contribution in [2.45, 2.75) is 52.5 Å². The third-order valence-corrected chi connectivity index (χ3v) is 2.32. The molecule has 0 aromatic heterocycles. The number of nitrogens with two attached hydrogens (primary N) is 1. The van der Waals surface area contributed by atoms with E-state index in [1.165, 1.54) is 6.42 Å². The molecule has 10 heavy (non-hydrogen) atoms. The minimum Gasteiger partial charge on any atom is -0.325 e. The highest BCUT2D eigenvalue weighted by molar-refractivity contribution is 4.78. The molecule has 2 unspecified atom stereocenters. The first-order chi connectivity index (χ1) is 4.52. The van der Waals surface area contributed by atoms with Crippen molar-refractivity contribution >= 4 is 0 Å². The number of hydrogen-bond acceptors (Lipinski definition) is 1. The minimum absolute atomic E-state index is 0.0649. The Kier molecular flexibility index (Phi) is 3.95. The molecule has 2 N–H and O–H groups in total. The molecule has 1 nitrogen and oxygen atoms in total. The standard InChI is InChI=1S/C9H21N/c1-5-8(3)7-9(4,10)6-2/h8H,5-7,10H2,1-4H3. The Morgan fingerprint density at radius 1 is 1.40 bits per heavy atom. The smallest absolute Gasteiger partial charge is 0.0125 e. The van der Waals surface area contributed by atoms with E-state index in [1.54, 1.807) is 0 Å². The van der Waals surface area contributed by atoms with Crippen LogP contribution in [0, 0.1) is 5.92 Å². The third-order valence-electron chi connectivity index (χ3n) is 2.32. The second-order valence-electron chi connectivity index (χ2n) is 3.73. The molecule has 62 valence electrons. The lowest BCUT2D eigenvalue weighted by atomic mass is 9.87. The van der Waals surface area contributed by atoms with Gasteiger partial charge >= 0.3 is 0 Å². The van der Waals surface area contributed by atoms with E-state index in [2.05, 4.69) is 27.7 Å². The molecule has 0 aliphatic rings. The topological polar surface area (TPSA) is 26.0 Å². The molecule has 0 aromatic rings. The summed E-state index contributed by atoms with van der Waals surface area (Å²) in [4.78, 5) is 0. The van der Waals surface area contributed by atoms with Gasteiger partial charge in [0.15, 0.2) is 0 Å². The SMILES string of the molecule is CCC(C)CC(C)(N)CC. The monoisotopic (exact) mass is 143 g/mol. The molecule has 0 aliphatic carbocycles. The molecule has 0 bridgehead atoms. The molecule has 0 amide bonds. The quantitative estimate of drug-likeness (QED) is 0.643. The van der Waals surface area contributed by atoms with Gasteiger partial charge in [-0.15, -0.1) is 0 Å². The maximum Gasteiger partial charge on any atom is 0.0125 e. The first kappa shape index (κ1) is 9.96. The molecular weight excluding hydrogens is 122 g/mol. The van der Waals surface area contributed by atoms with Crippen molar-refractivity contribution in [2.75, 3.05) is 0 Å². The first-order valence-corrected chi connectivity index (χ1v) is 4.30. The molecule has 0 aromatic carbocycles. The van der Waals surface area contributed by atoms with E-state index < -0.39 is 0 Å². The van der Waals surface area contributed by atoms with Gasteiger partial charge in [-0.3, -0.25) is 0 Å². The van der Waals surface area contributed by atoms with E-state index in [0.29, 0.717) is 0 Å². The Bertz CT molecular complexity index is 86.7. The first-order valence-electron chi connectivity index (χ1n) is 4.30. The van der Waals surface area contributed by atoms with E-state index in [0.717, 1.165) is 18.8 Å². The average molecular weight is 143 g/mol. The molecule has 1 heteroatoms. The molecule has 0 aliphatic heterocycles. The highest BCUT2D eigenvalue weighted by Gasteiger charge is 2.17. The summed E-state index contributed by atoms with van der Waals surface area (Å²) < 4.78 is 0. The predicted octanol–water partition coefficient (Wildman–Crippen LogP) is 2.55. The van der Waals surface area contributed by atoms with Crippen molar-refractivity contribution in [2.24, 2.45) is 11.7 Å². The van der Waals surface area contributed by atoms with Crippen LogP contribution in [0.3, 0.4) is 0 Å². The zero-order valence-electron chi connectivity index (χ0n) is 7.78. The lowest BCUT2D eigenvalue weighted by Crippen LogP contribution is -2.36. The summed E-state index contributed by atoms with van der Waals surface area (Å²) in [6.45, 7) is 8.78. The van der Waals surface area contributed by atoms with Crippen molar-refractivity contribution in [1.29, 1.82) is 0 Å². The van der Waals surface area contributed by atoms with Gasteiger partial charge in [0.1, 0.15) is 0 Å². The van der Waals surface area contributed by atoms with Crippen LogP contribution in [-0.2, 0) is 0 Å². The van der Waals surface area contributed by atoms with Gasteiger partial charge in [-0.1, -0.05) is 27.2 Å². The third kappa shape index (κ3) is 3.89. The summed E-state index contributed by atoms with van der Waals surface area (Å²) in [5.41, 5.74) is 6.06. The normalized spacial score (nSPS) is 20.1. The second-order valence-corrected chi connectivity index (χ2v) is 3.73. The van der Waals surface area contributed by atoms with E-state index in [4.69, 9.17) is 5.73 Å². The lowest BCUT2D eigenvalue weighted by molar-refractivity contribution is 0.339. The number of rotatable bonds is 4. The number of hydrogen-bond donors (Lipinski definition) is 1. The van der Waals surface area contributed by atoms with Gasteiger partial charge in [0.05, 0.1) is 0 Å². The summed E-state index contributed by atoms with van der Waals surface area (Å²) in [5.74, 6) is 0.773. The van der Waals surface area contributed by atoms with Crippen molar-refractivity contribution in [1.82, 2.24) is 0 Å². The van der Waals surface area contributed by atoms with Crippen LogP contribution < -0.4 is 5.73 Å². The molecule has 0 radical (unpaired) electrons. The molecule has 0 fully saturated rings. The van der Waals surface area contributed by atoms with Gasteiger partial charge in [-0.25, -0.2) is 0 Å². The Labute approximate surface area is 65.0 Å². The minimum atomic E-state index is 0.0649. The molecular formula is C9H21N. The maximum absolute atomic E-state index is 5.99. The summed E-state index contributed by atoms with van der Waals surface area (Å²) in [6, 6.07) is 0.